The maximum absolute atomic E-state index is 12.4. The van der Waals surface area contributed by atoms with Gasteiger partial charge in [-0.2, -0.15) is 0 Å². The highest BCUT2D eigenvalue weighted by molar-refractivity contribution is 7.81. The number of hydrogen-bond donors (Lipinski definition) is 6. The molecule has 9 heteroatoms. The molecule has 1 aromatic heterocycles. The molecule has 0 saturated carbocycles. The lowest BCUT2D eigenvalue weighted by Gasteiger charge is -2.37. The molecule has 150 valence electrons. The van der Waals surface area contributed by atoms with Crippen molar-refractivity contribution in [3.63, 3.8) is 0 Å². The lowest BCUT2D eigenvalue weighted by atomic mass is 10.1. The van der Waals surface area contributed by atoms with Gasteiger partial charge in [0, 0.05) is 35.6 Å². The molecule has 0 bridgehead atoms. The Morgan fingerprint density at radius 3 is 2.90 bits per heavy atom. The highest BCUT2D eigenvalue weighted by Crippen LogP contribution is 2.36. The molecule has 29 heavy (non-hydrogen) atoms. The van der Waals surface area contributed by atoms with E-state index in [4.69, 9.17) is 10.1 Å². The number of aromatic amines is 1. The number of phenolic OH excluding ortho intramolecular Hbond substituents is 1. The summed E-state index contributed by atoms with van der Waals surface area (Å²) in [5, 5.41) is 25.4. The third-order valence-corrected chi connectivity index (χ3v) is 5.26. The van der Waals surface area contributed by atoms with Gasteiger partial charge in [0.25, 0.3) is 5.91 Å². The van der Waals surface area contributed by atoms with Crippen LogP contribution in [0.2, 0.25) is 0 Å². The van der Waals surface area contributed by atoms with Crippen LogP contribution in [0.3, 0.4) is 0 Å². The van der Waals surface area contributed by atoms with Crippen LogP contribution in [0.4, 0.5) is 5.69 Å². The van der Waals surface area contributed by atoms with Crippen LogP contribution in [0.1, 0.15) is 16.1 Å². The van der Waals surface area contributed by atoms with Crippen molar-refractivity contribution in [2.75, 3.05) is 25.5 Å². The predicted octanol–water partition coefficient (Wildman–Crippen LogP) is 2.58. The van der Waals surface area contributed by atoms with E-state index >= 15 is 0 Å². The van der Waals surface area contributed by atoms with E-state index < -0.39 is 5.50 Å². The predicted molar refractivity (Wildman–Crippen MR) is 115 cm³/mol. The van der Waals surface area contributed by atoms with Crippen molar-refractivity contribution < 1.29 is 14.6 Å². The fraction of sp³-hybridized carbons (Fsp3) is 0.200. The van der Waals surface area contributed by atoms with Gasteiger partial charge in [-0.3, -0.25) is 10.2 Å². The number of carbonyl (C=O) groups is 1. The summed E-state index contributed by atoms with van der Waals surface area (Å²) in [6.07, 6.45) is 0. The van der Waals surface area contributed by atoms with Crippen molar-refractivity contribution in [1.82, 2.24) is 15.2 Å². The molecule has 2 aromatic carbocycles. The number of thiol groups is 1. The normalized spacial score (nSPS) is 15.7. The number of nitrogens with zero attached hydrogens (tertiary/aromatic N) is 1. The van der Waals surface area contributed by atoms with Gasteiger partial charge in [-0.05, 0) is 18.2 Å². The number of aromatic hydroxyl groups is 1. The summed E-state index contributed by atoms with van der Waals surface area (Å²) in [6, 6.07) is 12.6. The topological polar surface area (TPSA) is 113 Å². The van der Waals surface area contributed by atoms with E-state index in [9.17, 15) is 9.90 Å². The van der Waals surface area contributed by atoms with E-state index in [2.05, 4.69) is 28.2 Å². The number of para-hydroxylation sites is 1. The minimum atomic E-state index is -0.465. The number of carbonyl (C=O) groups excluding carboxylic acids is 1. The van der Waals surface area contributed by atoms with E-state index in [0.29, 0.717) is 35.8 Å². The molecular weight excluding hydrogens is 390 g/mol. The highest BCUT2D eigenvalue weighted by Gasteiger charge is 2.28. The van der Waals surface area contributed by atoms with Crippen molar-refractivity contribution >= 4 is 41.0 Å². The molecule has 0 spiro atoms. The van der Waals surface area contributed by atoms with Gasteiger partial charge < -0.3 is 30.4 Å². The Kier molecular flexibility index (Phi) is 4.98. The van der Waals surface area contributed by atoms with Crippen LogP contribution in [0, 0.1) is 5.41 Å². The van der Waals surface area contributed by atoms with E-state index in [-0.39, 0.29) is 17.5 Å². The van der Waals surface area contributed by atoms with Crippen LogP contribution >= 0.6 is 12.6 Å². The van der Waals surface area contributed by atoms with Crippen LogP contribution < -0.4 is 15.4 Å². The Hall–Kier alpha value is -3.33. The van der Waals surface area contributed by atoms with Crippen LogP contribution in [0.15, 0.2) is 42.5 Å². The minimum Gasteiger partial charge on any atom is -0.504 e. The number of ether oxygens (including phenoxy) is 1. The third-order valence-electron chi connectivity index (χ3n) is 4.85. The van der Waals surface area contributed by atoms with Gasteiger partial charge in [0.2, 0.25) is 0 Å². The summed E-state index contributed by atoms with van der Waals surface area (Å²) >= 11 is 4.49. The maximum Gasteiger partial charge on any atom is 0.267 e. The zero-order valence-corrected chi connectivity index (χ0v) is 16.6. The fourth-order valence-electron chi connectivity index (χ4n) is 3.36. The molecule has 0 fully saturated rings. The van der Waals surface area contributed by atoms with Crippen LogP contribution in [-0.2, 0) is 0 Å². The van der Waals surface area contributed by atoms with Gasteiger partial charge >= 0.3 is 0 Å². The molecule has 1 atom stereocenters. The SMILES string of the molecule is COc1cc2c(cc1O)NC(S)N(CCNC(=O)c1cc3ccccc3[nH]1)C2=N. The second-order valence-electron chi connectivity index (χ2n) is 6.66. The zero-order valence-electron chi connectivity index (χ0n) is 15.7. The van der Waals surface area contributed by atoms with Crippen molar-refractivity contribution in [3.05, 3.63) is 53.7 Å². The fourth-order valence-corrected chi connectivity index (χ4v) is 3.73. The summed E-state index contributed by atoms with van der Waals surface area (Å²) in [6.45, 7) is 0.717. The Morgan fingerprint density at radius 1 is 1.34 bits per heavy atom. The molecule has 8 nitrogen and oxygen atoms in total. The van der Waals surface area contributed by atoms with Gasteiger partial charge in [0.1, 0.15) is 17.0 Å². The van der Waals surface area contributed by atoms with Crippen molar-refractivity contribution in [2.24, 2.45) is 0 Å². The minimum absolute atomic E-state index is 0.00821. The van der Waals surface area contributed by atoms with Gasteiger partial charge in [0.05, 0.1) is 12.8 Å². The number of rotatable bonds is 5. The summed E-state index contributed by atoms with van der Waals surface area (Å²) in [5.74, 6) is 0.309. The number of nitrogens with one attached hydrogen (secondary N) is 4. The molecule has 1 amide bonds. The average Bonchev–Trinajstić information content (AvgIpc) is 3.14. The first-order valence-corrected chi connectivity index (χ1v) is 9.56. The quantitative estimate of drug-likeness (QED) is 0.361. The monoisotopic (exact) mass is 411 g/mol. The summed E-state index contributed by atoms with van der Waals surface area (Å²) in [4.78, 5) is 17.3. The number of aromatic nitrogens is 1. The molecule has 1 unspecified atom stereocenters. The molecule has 0 aliphatic carbocycles. The number of hydrogen-bond acceptors (Lipinski definition) is 6. The Morgan fingerprint density at radius 2 is 2.14 bits per heavy atom. The molecule has 0 radical (unpaired) electrons. The number of amides is 1. The third kappa shape index (κ3) is 3.56. The Bertz CT molecular complexity index is 1060. The lowest BCUT2D eigenvalue weighted by Crippen LogP contribution is -2.48. The standard InChI is InChI=1S/C20H21N5O3S/c1-28-17-9-12-14(10-16(17)26)24-20(29)25(18(12)21)7-6-22-19(27)15-8-11-4-2-3-5-13(11)23-15/h2-5,8-10,20-21,23-24,26,29H,6-7H2,1H3,(H,22,27). The average molecular weight is 411 g/mol. The number of methoxy groups -OCH3 is 1. The number of amidine groups is 1. The van der Waals surface area contributed by atoms with E-state index in [0.717, 1.165) is 10.9 Å². The molecule has 3 aromatic rings. The zero-order chi connectivity index (χ0) is 20.5. The van der Waals surface area contributed by atoms with Crippen molar-refractivity contribution in [3.8, 4) is 11.5 Å². The molecule has 1 aliphatic heterocycles. The van der Waals surface area contributed by atoms with Crippen LogP contribution in [0.5, 0.6) is 11.5 Å². The highest BCUT2D eigenvalue weighted by atomic mass is 32.1. The molecule has 2 heterocycles. The molecule has 4 rings (SSSR count). The number of phenols is 1. The number of fused-ring (bicyclic) bond motifs is 2. The first-order chi connectivity index (χ1) is 14.0. The first-order valence-electron chi connectivity index (χ1n) is 9.05. The number of anilines is 1. The number of benzene rings is 2. The molecule has 0 saturated heterocycles. The lowest BCUT2D eigenvalue weighted by molar-refractivity contribution is 0.0947. The van der Waals surface area contributed by atoms with Gasteiger partial charge in [-0.25, -0.2) is 0 Å². The van der Waals surface area contributed by atoms with Crippen molar-refractivity contribution in [2.45, 2.75) is 5.50 Å². The van der Waals surface area contributed by atoms with Crippen LogP contribution in [-0.4, -0.2) is 52.4 Å². The van der Waals surface area contributed by atoms with E-state index in [1.807, 2.05) is 30.3 Å². The maximum atomic E-state index is 12.4. The summed E-state index contributed by atoms with van der Waals surface area (Å²) in [5.41, 5.74) is 2.13. The second-order valence-corrected chi connectivity index (χ2v) is 7.14. The molecule has 1 aliphatic rings. The van der Waals surface area contributed by atoms with E-state index in [1.165, 1.54) is 13.2 Å². The molecule has 5 N–H and O–H groups in total. The Labute approximate surface area is 172 Å². The Balaban J connectivity index is 1.43. The van der Waals surface area contributed by atoms with E-state index in [1.54, 1.807) is 11.0 Å². The summed E-state index contributed by atoms with van der Waals surface area (Å²) < 4.78 is 5.14. The van der Waals surface area contributed by atoms with Gasteiger partial charge in [-0.15, -0.1) is 12.6 Å². The van der Waals surface area contributed by atoms with Gasteiger partial charge in [-0.1, -0.05) is 18.2 Å². The number of H-pyrrole nitrogens is 1. The smallest absolute Gasteiger partial charge is 0.267 e. The van der Waals surface area contributed by atoms with Gasteiger partial charge in [0.15, 0.2) is 11.5 Å². The summed E-state index contributed by atoms with van der Waals surface area (Å²) in [7, 11) is 1.46. The first kappa shape index (κ1) is 19.0. The second kappa shape index (κ2) is 7.59. The van der Waals surface area contributed by atoms with Crippen molar-refractivity contribution in [1.29, 1.82) is 5.41 Å². The van der Waals surface area contributed by atoms with Crippen LogP contribution in [0.25, 0.3) is 10.9 Å². The molecular formula is C20H21N5O3S. The largest absolute Gasteiger partial charge is 0.504 e.